The van der Waals surface area contributed by atoms with E-state index in [9.17, 15) is 0 Å². The summed E-state index contributed by atoms with van der Waals surface area (Å²) in [5, 5.41) is 15.3. The molecule has 0 unspecified atom stereocenters. The van der Waals surface area contributed by atoms with Gasteiger partial charge in [-0.15, -0.1) is 0 Å². The molecule has 222 valence electrons. The molecule has 0 aliphatic rings. The number of hydrogen-bond donors (Lipinski definition) is 0. The van der Waals surface area contributed by atoms with Crippen LogP contribution in [0.1, 0.15) is 0 Å². The highest BCUT2D eigenvalue weighted by atomic mass is 14.2. The van der Waals surface area contributed by atoms with Gasteiger partial charge in [0, 0.05) is 0 Å². The molecule has 0 atom stereocenters. The summed E-state index contributed by atoms with van der Waals surface area (Å²) in [6.45, 7) is 0. The number of fused-ring (bicyclic) bond motifs is 8. The maximum absolute atomic E-state index is 2.42. The fourth-order valence-corrected chi connectivity index (χ4v) is 7.96. The van der Waals surface area contributed by atoms with Crippen molar-refractivity contribution in [2.24, 2.45) is 0 Å². The van der Waals surface area contributed by atoms with Gasteiger partial charge in [-0.3, -0.25) is 0 Å². The van der Waals surface area contributed by atoms with Gasteiger partial charge in [-0.05, 0) is 122 Å². The standard InChI is InChI=1S/C48H30/c1-3-15-38-31(11-1)13-9-21-40(38)35-25-23-34-28-36(26-24-33(34)27-35)46-29-37-30-47(41-22-10-14-32-12-2-4-16-39(32)41)43-18-6-8-20-45(43)48(37)44-19-7-5-17-42(44)46/h1-30H. The van der Waals surface area contributed by atoms with Crippen LogP contribution in [0.2, 0.25) is 0 Å². The first-order valence-electron chi connectivity index (χ1n) is 16.7. The molecule has 0 aliphatic carbocycles. The van der Waals surface area contributed by atoms with Crippen LogP contribution in [0, 0.1) is 0 Å². The summed E-state index contributed by atoms with van der Waals surface area (Å²) in [4.78, 5) is 0. The average molecular weight is 607 g/mol. The van der Waals surface area contributed by atoms with Gasteiger partial charge in [0.15, 0.2) is 0 Å². The Morgan fingerprint density at radius 1 is 0.208 bits per heavy atom. The molecule has 0 heteroatoms. The lowest BCUT2D eigenvalue weighted by Gasteiger charge is -2.17. The topological polar surface area (TPSA) is 0 Å². The van der Waals surface area contributed by atoms with Crippen molar-refractivity contribution in [2.45, 2.75) is 0 Å². The van der Waals surface area contributed by atoms with Gasteiger partial charge in [0.1, 0.15) is 0 Å². The summed E-state index contributed by atoms with van der Waals surface area (Å²) in [5.74, 6) is 0. The van der Waals surface area contributed by atoms with Gasteiger partial charge < -0.3 is 0 Å². The maximum atomic E-state index is 2.42. The lowest BCUT2D eigenvalue weighted by atomic mass is 9.86. The van der Waals surface area contributed by atoms with E-state index in [4.69, 9.17) is 0 Å². The number of rotatable bonds is 3. The van der Waals surface area contributed by atoms with Crippen molar-refractivity contribution in [2.75, 3.05) is 0 Å². The zero-order valence-electron chi connectivity index (χ0n) is 26.3. The van der Waals surface area contributed by atoms with Crippen LogP contribution in [0.3, 0.4) is 0 Å². The molecule has 0 aliphatic heterocycles. The SMILES string of the molecule is c1ccc2c(-c3ccc4cc(-c5cc6cc(-c7cccc8ccccc78)c7ccccc7c6c6ccccc56)ccc4c3)cccc2c1. The molecule has 0 nitrogen and oxygen atoms in total. The van der Waals surface area contributed by atoms with Crippen molar-refractivity contribution in [1.82, 2.24) is 0 Å². The summed E-state index contributed by atoms with van der Waals surface area (Å²) in [6.07, 6.45) is 0. The molecule has 0 fully saturated rings. The second-order valence-electron chi connectivity index (χ2n) is 12.9. The average Bonchev–Trinajstić information content (AvgIpc) is 3.16. The Hall–Kier alpha value is -6.24. The van der Waals surface area contributed by atoms with Gasteiger partial charge in [0.25, 0.3) is 0 Å². The van der Waals surface area contributed by atoms with Gasteiger partial charge in [-0.25, -0.2) is 0 Å². The quantitative estimate of drug-likeness (QED) is 0.176. The molecule has 0 heterocycles. The predicted molar refractivity (Wildman–Crippen MR) is 208 cm³/mol. The maximum Gasteiger partial charge on any atom is -0.00259 e. The van der Waals surface area contributed by atoms with Gasteiger partial charge in [-0.2, -0.15) is 0 Å². The molecule has 0 aromatic heterocycles. The molecule has 0 spiro atoms. The normalized spacial score (nSPS) is 11.8. The zero-order chi connectivity index (χ0) is 31.6. The third-order valence-corrected chi connectivity index (χ3v) is 10.2. The number of benzene rings is 10. The third-order valence-electron chi connectivity index (χ3n) is 10.2. The van der Waals surface area contributed by atoms with E-state index in [0.717, 1.165) is 0 Å². The lowest BCUT2D eigenvalue weighted by molar-refractivity contribution is 1.67. The molecule has 0 bridgehead atoms. The van der Waals surface area contributed by atoms with Crippen molar-refractivity contribution >= 4 is 64.6 Å². The summed E-state index contributed by atoms with van der Waals surface area (Å²) in [5.41, 5.74) is 7.56. The van der Waals surface area contributed by atoms with Crippen LogP contribution >= 0.6 is 0 Å². The second kappa shape index (κ2) is 10.7. The van der Waals surface area contributed by atoms with E-state index in [-0.39, 0.29) is 0 Å². The lowest BCUT2D eigenvalue weighted by Crippen LogP contribution is -1.90. The highest BCUT2D eigenvalue weighted by molar-refractivity contribution is 6.26. The van der Waals surface area contributed by atoms with Crippen molar-refractivity contribution in [3.05, 3.63) is 182 Å². The van der Waals surface area contributed by atoms with Gasteiger partial charge in [0.2, 0.25) is 0 Å². The Balaban J connectivity index is 1.19. The van der Waals surface area contributed by atoms with E-state index < -0.39 is 0 Å². The monoisotopic (exact) mass is 606 g/mol. The van der Waals surface area contributed by atoms with Gasteiger partial charge in [-0.1, -0.05) is 158 Å². The van der Waals surface area contributed by atoms with Crippen molar-refractivity contribution < 1.29 is 0 Å². The first-order valence-corrected chi connectivity index (χ1v) is 16.7. The summed E-state index contributed by atoms with van der Waals surface area (Å²) in [7, 11) is 0. The Morgan fingerprint density at radius 3 is 1.27 bits per heavy atom. The van der Waals surface area contributed by atoms with E-state index in [1.807, 2.05) is 0 Å². The molecule has 0 radical (unpaired) electrons. The molecule has 10 aromatic rings. The van der Waals surface area contributed by atoms with E-state index in [2.05, 4.69) is 182 Å². The molecule has 48 heavy (non-hydrogen) atoms. The minimum absolute atomic E-state index is 1.23. The van der Waals surface area contributed by atoms with E-state index in [1.165, 1.54) is 98.0 Å². The Labute approximate surface area is 279 Å². The Kier molecular flexibility index (Phi) is 5.98. The molecular formula is C48H30. The molecule has 0 saturated heterocycles. The summed E-state index contributed by atoms with van der Waals surface area (Å²) in [6, 6.07) is 67.1. The second-order valence-corrected chi connectivity index (χ2v) is 12.9. The van der Waals surface area contributed by atoms with E-state index in [0.29, 0.717) is 0 Å². The fraction of sp³-hybridized carbons (Fsp3) is 0. The Morgan fingerprint density at radius 2 is 0.646 bits per heavy atom. The highest BCUT2D eigenvalue weighted by Crippen LogP contribution is 2.43. The van der Waals surface area contributed by atoms with Crippen molar-refractivity contribution in [1.29, 1.82) is 0 Å². The van der Waals surface area contributed by atoms with E-state index in [1.54, 1.807) is 0 Å². The van der Waals surface area contributed by atoms with Crippen LogP contribution in [0.15, 0.2) is 182 Å². The van der Waals surface area contributed by atoms with Gasteiger partial charge >= 0.3 is 0 Å². The summed E-state index contributed by atoms with van der Waals surface area (Å²) >= 11 is 0. The number of hydrogen-bond acceptors (Lipinski definition) is 0. The van der Waals surface area contributed by atoms with Crippen LogP contribution in [-0.4, -0.2) is 0 Å². The van der Waals surface area contributed by atoms with Crippen LogP contribution in [0.4, 0.5) is 0 Å². The van der Waals surface area contributed by atoms with Crippen LogP contribution in [0.25, 0.3) is 98.0 Å². The zero-order valence-corrected chi connectivity index (χ0v) is 26.3. The van der Waals surface area contributed by atoms with Crippen LogP contribution in [0.5, 0.6) is 0 Å². The molecule has 10 rings (SSSR count). The minimum atomic E-state index is 1.23. The largest absolute Gasteiger partial charge is 0.0616 e. The smallest absolute Gasteiger partial charge is 0.00259 e. The van der Waals surface area contributed by atoms with Crippen molar-refractivity contribution in [3.63, 3.8) is 0 Å². The molecule has 10 aromatic carbocycles. The van der Waals surface area contributed by atoms with E-state index >= 15 is 0 Å². The van der Waals surface area contributed by atoms with Crippen LogP contribution < -0.4 is 0 Å². The third kappa shape index (κ3) is 4.16. The molecule has 0 saturated carbocycles. The first kappa shape index (κ1) is 26.9. The minimum Gasteiger partial charge on any atom is -0.0616 e. The Bertz CT molecular complexity index is 2880. The first-order chi connectivity index (χ1) is 23.8. The fourth-order valence-electron chi connectivity index (χ4n) is 7.96. The predicted octanol–water partition coefficient (Wildman–Crippen LogP) is 13.6. The summed E-state index contributed by atoms with van der Waals surface area (Å²) < 4.78 is 0. The highest BCUT2D eigenvalue weighted by Gasteiger charge is 2.16. The molecular weight excluding hydrogens is 577 g/mol. The molecule has 0 amide bonds. The molecule has 0 N–H and O–H groups in total. The van der Waals surface area contributed by atoms with Gasteiger partial charge in [0.05, 0.1) is 0 Å². The van der Waals surface area contributed by atoms with Crippen LogP contribution in [-0.2, 0) is 0 Å². The van der Waals surface area contributed by atoms with Crippen molar-refractivity contribution in [3.8, 4) is 33.4 Å².